The maximum absolute atomic E-state index is 11.8. The summed E-state index contributed by atoms with van der Waals surface area (Å²) in [5.41, 5.74) is -0.171. The number of likely N-dealkylation sites (N-methyl/N-ethyl adjacent to an activating group) is 1. The lowest BCUT2D eigenvalue weighted by Crippen LogP contribution is -2.38. The van der Waals surface area contributed by atoms with Gasteiger partial charge in [-0.2, -0.15) is 5.10 Å². The number of methoxy groups -OCH3 is 1. The van der Waals surface area contributed by atoms with E-state index in [4.69, 9.17) is 4.74 Å². The van der Waals surface area contributed by atoms with E-state index < -0.39 is 11.0 Å². The molecule has 1 rings (SSSR count). The molecule has 1 aromatic heterocycles. The Morgan fingerprint density at radius 3 is 2.95 bits per heavy atom. The molecular weight excluding hydrogens is 256 g/mol. The number of rotatable bonds is 7. The molecule has 0 saturated carbocycles. The first-order valence-corrected chi connectivity index (χ1v) is 5.52. The zero-order valence-corrected chi connectivity index (χ0v) is 10.7. The highest BCUT2D eigenvalue weighted by atomic mass is 16.6. The van der Waals surface area contributed by atoms with Gasteiger partial charge in [0, 0.05) is 20.7 Å². The minimum atomic E-state index is -0.772. The van der Waals surface area contributed by atoms with E-state index in [0.29, 0.717) is 0 Å². The van der Waals surface area contributed by atoms with Crippen LogP contribution in [0.15, 0.2) is 12.4 Å². The van der Waals surface area contributed by atoms with E-state index in [2.05, 4.69) is 5.10 Å². The van der Waals surface area contributed by atoms with Crippen LogP contribution in [0.4, 0.5) is 5.69 Å². The van der Waals surface area contributed by atoms with Crippen LogP contribution in [0.2, 0.25) is 0 Å². The summed E-state index contributed by atoms with van der Waals surface area (Å²) in [6, 6.07) is 0. The molecule has 0 saturated heterocycles. The van der Waals surface area contributed by atoms with Crippen molar-refractivity contribution in [1.82, 2.24) is 14.7 Å². The Hall–Kier alpha value is -2.00. The maximum Gasteiger partial charge on any atom is 0.307 e. The summed E-state index contributed by atoms with van der Waals surface area (Å²) in [4.78, 5) is 23.0. The third-order valence-electron chi connectivity index (χ3n) is 2.40. The van der Waals surface area contributed by atoms with Gasteiger partial charge < -0.3 is 14.7 Å². The third kappa shape index (κ3) is 4.64. The molecule has 9 nitrogen and oxygen atoms in total. The lowest BCUT2D eigenvalue weighted by Gasteiger charge is -2.20. The summed E-state index contributed by atoms with van der Waals surface area (Å²) in [6.45, 7) is 0.130. The average molecular weight is 272 g/mol. The number of nitro groups is 1. The first-order chi connectivity index (χ1) is 8.93. The van der Waals surface area contributed by atoms with E-state index in [0.717, 1.165) is 6.20 Å². The van der Waals surface area contributed by atoms with Crippen molar-refractivity contribution in [2.45, 2.75) is 12.6 Å². The fourth-order valence-electron chi connectivity index (χ4n) is 1.46. The first kappa shape index (κ1) is 15.1. The van der Waals surface area contributed by atoms with Crippen LogP contribution in [-0.2, 0) is 16.1 Å². The number of nitrogens with zero attached hydrogens (tertiary/aromatic N) is 4. The SMILES string of the molecule is COCC(O)CN(C)C(=O)Cn1cc([N+](=O)[O-])cn1. The number of carbonyl (C=O) groups is 1. The molecule has 1 atom stereocenters. The van der Waals surface area contributed by atoms with Crippen LogP contribution in [0.5, 0.6) is 0 Å². The number of hydrogen-bond acceptors (Lipinski definition) is 6. The molecule has 19 heavy (non-hydrogen) atoms. The van der Waals surface area contributed by atoms with Crippen LogP contribution in [0.25, 0.3) is 0 Å². The van der Waals surface area contributed by atoms with Crippen LogP contribution in [-0.4, -0.2) is 64.0 Å². The zero-order valence-electron chi connectivity index (χ0n) is 10.7. The van der Waals surface area contributed by atoms with Crippen LogP contribution in [0.1, 0.15) is 0 Å². The molecule has 0 radical (unpaired) electrons. The molecule has 0 aliphatic heterocycles. The Labute approximate surface area is 109 Å². The Bertz CT molecular complexity index is 447. The normalized spacial score (nSPS) is 12.2. The first-order valence-electron chi connectivity index (χ1n) is 5.52. The number of ether oxygens (including phenoxy) is 1. The molecule has 1 heterocycles. The van der Waals surface area contributed by atoms with E-state index in [1.165, 1.54) is 29.9 Å². The van der Waals surface area contributed by atoms with Gasteiger partial charge in [0.1, 0.15) is 18.9 Å². The van der Waals surface area contributed by atoms with Crippen molar-refractivity contribution in [3.8, 4) is 0 Å². The van der Waals surface area contributed by atoms with Crippen LogP contribution in [0, 0.1) is 10.1 Å². The molecule has 1 N–H and O–H groups in total. The number of aliphatic hydroxyl groups is 1. The van der Waals surface area contributed by atoms with Crippen molar-refractivity contribution >= 4 is 11.6 Å². The van der Waals surface area contributed by atoms with E-state index in [1.807, 2.05) is 0 Å². The van der Waals surface area contributed by atoms with Gasteiger partial charge in [0.15, 0.2) is 0 Å². The molecule has 0 spiro atoms. The van der Waals surface area contributed by atoms with Gasteiger partial charge in [0.2, 0.25) is 5.91 Å². The predicted octanol–water partition coefficient (Wildman–Crippen LogP) is -0.743. The minimum absolute atomic E-state index is 0.121. The fraction of sp³-hybridized carbons (Fsp3) is 0.600. The molecule has 1 aromatic rings. The van der Waals surface area contributed by atoms with Gasteiger partial charge >= 0.3 is 5.69 Å². The standard InChI is InChI=1S/C10H16N4O5/c1-12(5-9(15)7-19-2)10(16)6-13-4-8(3-11-13)14(17)18/h3-4,9,15H,5-7H2,1-2H3. The van der Waals surface area contributed by atoms with Gasteiger partial charge in [-0.15, -0.1) is 0 Å². The summed E-state index contributed by atoms with van der Waals surface area (Å²) in [6.07, 6.45) is 1.48. The Morgan fingerprint density at radius 1 is 1.74 bits per heavy atom. The molecule has 0 bridgehead atoms. The molecule has 1 amide bonds. The largest absolute Gasteiger partial charge is 0.389 e. The Morgan fingerprint density at radius 2 is 2.42 bits per heavy atom. The smallest absolute Gasteiger partial charge is 0.307 e. The lowest BCUT2D eigenvalue weighted by atomic mass is 10.3. The number of aromatic nitrogens is 2. The van der Waals surface area contributed by atoms with Gasteiger partial charge in [0.25, 0.3) is 0 Å². The van der Waals surface area contributed by atoms with Crippen molar-refractivity contribution < 1.29 is 19.6 Å². The van der Waals surface area contributed by atoms with Gasteiger partial charge in [-0.05, 0) is 0 Å². The molecule has 0 fully saturated rings. The zero-order chi connectivity index (χ0) is 14.4. The summed E-state index contributed by atoms with van der Waals surface area (Å²) in [5.74, 6) is -0.312. The van der Waals surface area contributed by atoms with Crippen molar-refractivity contribution in [2.75, 3.05) is 27.3 Å². The minimum Gasteiger partial charge on any atom is -0.389 e. The number of hydrogen-bond donors (Lipinski definition) is 1. The number of amides is 1. The average Bonchev–Trinajstić information content (AvgIpc) is 2.77. The van der Waals surface area contributed by atoms with E-state index >= 15 is 0 Å². The van der Waals surface area contributed by atoms with E-state index in [1.54, 1.807) is 0 Å². The van der Waals surface area contributed by atoms with Gasteiger partial charge in [0.05, 0.1) is 17.6 Å². The topological polar surface area (TPSA) is 111 Å². The molecule has 9 heteroatoms. The van der Waals surface area contributed by atoms with Gasteiger partial charge in [-0.3, -0.25) is 19.6 Å². The van der Waals surface area contributed by atoms with Crippen molar-refractivity contribution in [3.63, 3.8) is 0 Å². The van der Waals surface area contributed by atoms with Gasteiger partial charge in [-0.1, -0.05) is 0 Å². The monoisotopic (exact) mass is 272 g/mol. The highest BCUT2D eigenvalue weighted by molar-refractivity contribution is 5.75. The van der Waals surface area contributed by atoms with Gasteiger partial charge in [-0.25, -0.2) is 0 Å². The molecule has 1 unspecified atom stereocenters. The molecule has 0 aliphatic rings. The second-order valence-corrected chi connectivity index (χ2v) is 4.04. The van der Waals surface area contributed by atoms with Crippen LogP contribution < -0.4 is 0 Å². The second-order valence-electron chi connectivity index (χ2n) is 4.04. The summed E-state index contributed by atoms with van der Waals surface area (Å²) < 4.78 is 5.93. The number of carbonyl (C=O) groups excluding carboxylic acids is 1. The van der Waals surface area contributed by atoms with Crippen molar-refractivity contribution in [3.05, 3.63) is 22.5 Å². The quantitative estimate of drug-likeness (QED) is 0.517. The van der Waals surface area contributed by atoms with E-state index in [9.17, 15) is 20.0 Å². The highest BCUT2D eigenvalue weighted by Crippen LogP contribution is 2.07. The molecular formula is C10H16N4O5. The molecule has 0 aromatic carbocycles. The van der Waals surface area contributed by atoms with Crippen molar-refractivity contribution in [2.24, 2.45) is 0 Å². The summed E-state index contributed by atoms with van der Waals surface area (Å²) in [7, 11) is 2.98. The molecule has 106 valence electrons. The highest BCUT2D eigenvalue weighted by Gasteiger charge is 2.16. The second kappa shape index (κ2) is 6.81. The van der Waals surface area contributed by atoms with Crippen LogP contribution in [0.3, 0.4) is 0 Å². The van der Waals surface area contributed by atoms with Crippen molar-refractivity contribution in [1.29, 1.82) is 0 Å². The summed E-state index contributed by atoms with van der Waals surface area (Å²) in [5, 5.41) is 23.7. The lowest BCUT2D eigenvalue weighted by molar-refractivity contribution is -0.385. The maximum atomic E-state index is 11.8. The Balaban J connectivity index is 2.51. The predicted molar refractivity (Wildman–Crippen MR) is 64.4 cm³/mol. The third-order valence-corrected chi connectivity index (χ3v) is 2.40. The van der Waals surface area contributed by atoms with E-state index in [-0.39, 0.29) is 31.3 Å². The summed E-state index contributed by atoms with van der Waals surface area (Å²) >= 11 is 0. The Kier molecular flexibility index (Phi) is 5.39. The fourth-order valence-corrected chi connectivity index (χ4v) is 1.46. The number of aliphatic hydroxyl groups excluding tert-OH is 1. The van der Waals surface area contributed by atoms with Crippen LogP contribution >= 0.6 is 0 Å². The molecule has 0 aliphatic carbocycles.